The second kappa shape index (κ2) is 9.43. The number of unbranched alkanes of at least 4 members (excludes halogenated alkanes) is 1. The largest absolute Gasteiger partial charge is 0.507 e. The molecule has 1 atom stereocenters. The van der Waals surface area contributed by atoms with Crippen LogP contribution in [-0.4, -0.2) is 39.8 Å². The molecule has 1 saturated heterocycles. The number of hydrogen-bond acceptors (Lipinski definition) is 5. The van der Waals surface area contributed by atoms with Crippen LogP contribution in [0.3, 0.4) is 0 Å². The highest BCUT2D eigenvalue weighted by molar-refractivity contribution is 5.69. The maximum atomic E-state index is 12.8. The molecule has 0 aliphatic carbocycles. The van der Waals surface area contributed by atoms with E-state index >= 15 is 0 Å². The van der Waals surface area contributed by atoms with Crippen molar-refractivity contribution in [2.24, 2.45) is 5.92 Å². The number of phenols is 1. The smallest absolute Gasteiger partial charge is 0.416 e. The van der Waals surface area contributed by atoms with Crippen molar-refractivity contribution in [2.75, 3.05) is 19.6 Å². The van der Waals surface area contributed by atoms with Gasteiger partial charge in [-0.05, 0) is 81.4 Å². The molecule has 1 aliphatic heterocycles. The van der Waals surface area contributed by atoms with Gasteiger partial charge in [0.25, 0.3) is 0 Å². The van der Waals surface area contributed by atoms with Gasteiger partial charge in [-0.25, -0.2) is 0 Å². The lowest BCUT2D eigenvalue weighted by molar-refractivity contribution is -0.137. The van der Waals surface area contributed by atoms with Gasteiger partial charge < -0.3 is 10.0 Å². The summed E-state index contributed by atoms with van der Waals surface area (Å²) in [5.74, 6) is -0.00451. The zero-order valence-corrected chi connectivity index (χ0v) is 16.9. The normalized spacial score (nSPS) is 17.6. The number of halogens is 3. The molecule has 0 bridgehead atoms. The number of rotatable bonds is 6. The Morgan fingerprint density at radius 3 is 2.73 bits per heavy atom. The average molecular weight is 418 g/mol. The summed E-state index contributed by atoms with van der Waals surface area (Å²) < 4.78 is 38.4. The number of aromatic hydroxyl groups is 1. The first-order valence-electron chi connectivity index (χ1n) is 10.1. The van der Waals surface area contributed by atoms with Crippen LogP contribution >= 0.6 is 0 Å². The second-order valence-corrected chi connectivity index (χ2v) is 7.87. The number of hydrogen-bond donors (Lipinski definition) is 1. The summed E-state index contributed by atoms with van der Waals surface area (Å²) in [6, 6.07) is 6.96. The monoisotopic (exact) mass is 418 g/mol. The van der Waals surface area contributed by atoms with Gasteiger partial charge in [0.05, 0.1) is 23.0 Å². The van der Waals surface area contributed by atoms with E-state index in [4.69, 9.17) is 5.26 Å². The number of alkyl halides is 3. The molecule has 0 spiro atoms. The number of aryl methyl sites for hydroxylation is 1. The molecular formula is C22H25F3N4O. The van der Waals surface area contributed by atoms with Gasteiger partial charge in [-0.1, -0.05) is 0 Å². The van der Waals surface area contributed by atoms with Crippen LogP contribution in [-0.2, 0) is 12.6 Å². The van der Waals surface area contributed by atoms with Crippen LogP contribution in [0.4, 0.5) is 13.2 Å². The summed E-state index contributed by atoms with van der Waals surface area (Å²) in [7, 11) is 0. The molecule has 30 heavy (non-hydrogen) atoms. The Morgan fingerprint density at radius 1 is 1.27 bits per heavy atom. The van der Waals surface area contributed by atoms with Gasteiger partial charge in [0.15, 0.2) is 0 Å². The lowest BCUT2D eigenvalue weighted by Gasteiger charge is -2.32. The first-order valence-corrected chi connectivity index (χ1v) is 10.1. The summed E-state index contributed by atoms with van der Waals surface area (Å²) in [6.45, 7) is 4.77. The molecule has 0 saturated carbocycles. The van der Waals surface area contributed by atoms with E-state index in [2.05, 4.69) is 21.2 Å². The standard InChI is InChI=1S/C22H25F3N4O/c1-15-11-18(12-16-5-4-10-29(14-16)9-3-2-8-26)27-28-21(15)19-7-6-17(13-20(19)30)22(23,24)25/h6-7,11,13,16,30H,2-5,9-10,12,14H2,1H3/t16-/m0/s1. The third-order valence-electron chi connectivity index (χ3n) is 5.48. The first kappa shape index (κ1) is 22.0. The minimum absolute atomic E-state index is 0.237. The molecule has 2 aromatic rings. The van der Waals surface area contributed by atoms with Gasteiger partial charge in [0, 0.05) is 18.5 Å². The molecule has 5 nitrogen and oxygen atoms in total. The topological polar surface area (TPSA) is 73.0 Å². The highest BCUT2D eigenvalue weighted by atomic mass is 19.4. The molecule has 0 amide bonds. The predicted molar refractivity (Wildman–Crippen MR) is 107 cm³/mol. The maximum absolute atomic E-state index is 12.8. The summed E-state index contributed by atoms with van der Waals surface area (Å²) in [5.41, 5.74) is 1.32. The Labute approximate surface area is 174 Å². The molecule has 1 aromatic heterocycles. The molecule has 1 aromatic carbocycles. The molecular weight excluding hydrogens is 393 g/mol. The molecule has 1 aliphatic rings. The fraction of sp³-hybridized carbons (Fsp3) is 0.500. The van der Waals surface area contributed by atoms with Gasteiger partial charge in [-0.3, -0.25) is 0 Å². The summed E-state index contributed by atoms with van der Waals surface area (Å²) in [5, 5.41) is 27.3. The van der Waals surface area contributed by atoms with Crippen molar-refractivity contribution in [3.05, 3.63) is 41.1 Å². The Morgan fingerprint density at radius 2 is 2.07 bits per heavy atom. The fourth-order valence-electron chi connectivity index (χ4n) is 4.01. The van der Waals surface area contributed by atoms with Crippen LogP contribution in [0.2, 0.25) is 0 Å². The average Bonchev–Trinajstić information content (AvgIpc) is 2.68. The summed E-state index contributed by atoms with van der Waals surface area (Å²) >= 11 is 0. The van der Waals surface area contributed by atoms with E-state index in [1.165, 1.54) is 6.07 Å². The zero-order valence-electron chi connectivity index (χ0n) is 16.9. The van der Waals surface area contributed by atoms with Crippen molar-refractivity contribution in [1.82, 2.24) is 15.1 Å². The third-order valence-corrected chi connectivity index (χ3v) is 5.48. The molecule has 1 N–H and O–H groups in total. The molecule has 8 heteroatoms. The SMILES string of the molecule is Cc1cc(C[C@@H]2CCCN(CCCC#N)C2)nnc1-c1ccc(C(F)(F)F)cc1O. The van der Waals surface area contributed by atoms with E-state index in [0.717, 1.165) is 62.6 Å². The van der Waals surface area contributed by atoms with E-state index < -0.39 is 17.5 Å². The molecule has 1 fully saturated rings. The van der Waals surface area contributed by atoms with E-state index in [1.54, 1.807) is 0 Å². The number of phenolic OH excluding ortho intramolecular Hbond substituents is 1. The number of nitrogens with zero attached hydrogens (tertiary/aromatic N) is 4. The maximum Gasteiger partial charge on any atom is 0.416 e. The van der Waals surface area contributed by atoms with Crippen molar-refractivity contribution < 1.29 is 18.3 Å². The number of piperidine rings is 1. The Kier molecular flexibility index (Phi) is 6.93. The Bertz CT molecular complexity index is 924. The van der Waals surface area contributed by atoms with Gasteiger partial charge >= 0.3 is 6.18 Å². The van der Waals surface area contributed by atoms with E-state index in [1.807, 2.05) is 13.0 Å². The van der Waals surface area contributed by atoms with Crippen molar-refractivity contribution in [3.8, 4) is 23.1 Å². The number of likely N-dealkylation sites (tertiary alicyclic amines) is 1. The highest BCUT2D eigenvalue weighted by Gasteiger charge is 2.31. The second-order valence-electron chi connectivity index (χ2n) is 7.87. The van der Waals surface area contributed by atoms with Gasteiger partial charge in [0.1, 0.15) is 5.75 Å². The van der Waals surface area contributed by atoms with Gasteiger partial charge in [-0.2, -0.15) is 23.5 Å². The van der Waals surface area contributed by atoms with E-state index in [0.29, 0.717) is 24.1 Å². The number of benzene rings is 1. The molecule has 160 valence electrons. The quantitative estimate of drug-likeness (QED) is 0.687. The van der Waals surface area contributed by atoms with Crippen LogP contribution in [0.5, 0.6) is 5.75 Å². The van der Waals surface area contributed by atoms with E-state index in [9.17, 15) is 18.3 Å². The van der Waals surface area contributed by atoms with Crippen molar-refractivity contribution in [1.29, 1.82) is 5.26 Å². The first-order chi connectivity index (χ1) is 14.3. The molecule has 3 rings (SSSR count). The lowest BCUT2D eigenvalue weighted by atomic mass is 9.92. The van der Waals surface area contributed by atoms with Crippen LogP contribution in [0, 0.1) is 24.2 Å². The van der Waals surface area contributed by atoms with E-state index in [-0.39, 0.29) is 5.56 Å². The molecule has 2 heterocycles. The zero-order chi connectivity index (χ0) is 21.7. The van der Waals surface area contributed by atoms with Crippen LogP contribution in [0.1, 0.15) is 42.5 Å². The Hall–Kier alpha value is -2.66. The van der Waals surface area contributed by atoms with Crippen molar-refractivity contribution in [2.45, 2.75) is 45.2 Å². The van der Waals surface area contributed by atoms with Gasteiger partial charge in [0.2, 0.25) is 0 Å². The van der Waals surface area contributed by atoms with Crippen LogP contribution in [0.15, 0.2) is 24.3 Å². The minimum Gasteiger partial charge on any atom is -0.507 e. The number of nitriles is 1. The van der Waals surface area contributed by atoms with Gasteiger partial charge in [-0.15, -0.1) is 5.10 Å². The lowest BCUT2D eigenvalue weighted by Crippen LogP contribution is -2.36. The number of aromatic nitrogens is 2. The fourth-order valence-corrected chi connectivity index (χ4v) is 4.01. The summed E-state index contributed by atoms with van der Waals surface area (Å²) in [6.07, 6.45) is -0.0550. The van der Waals surface area contributed by atoms with Crippen molar-refractivity contribution in [3.63, 3.8) is 0 Å². The summed E-state index contributed by atoms with van der Waals surface area (Å²) in [4.78, 5) is 2.39. The predicted octanol–water partition coefficient (Wildman–Crippen LogP) is 4.73. The minimum atomic E-state index is -4.51. The van der Waals surface area contributed by atoms with Crippen molar-refractivity contribution >= 4 is 0 Å². The molecule has 0 unspecified atom stereocenters. The Balaban J connectivity index is 1.69. The molecule has 0 radical (unpaired) electrons. The third kappa shape index (κ3) is 5.48. The highest BCUT2D eigenvalue weighted by Crippen LogP contribution is 2.36. The van der Waals surface area contributed by atoms with Crippen LogP contribution < -0.4 is 0 Å². The van der Waals surface area contributed by atoms with Crippen LogP contribution in [0.25, 0.3) is 11.3 Å².